The minimum atomic E-state index is 0.724. The standard InChI is InChI=1S/C5H7IN2O/c1-2-5-7-4(3-6)8-9-5/h2-3H2,1H3. The summed E-state index contributed by atoms with van der Waals surface area (Å²) in [6.45, 7) is 1.99. The molecule has 0 atom stereocenters. The van der Waals surface area contributed by atoms with E-state index in [1.807, 2.05) is 6.92 Å². The van der Waals surface area contributed by atoms with Gasteiger partial charge in [-0.1, -0.05) is 34.7 Å². The molecule has 1 aromatic heterocycles. The van der Waals surface area contributed by atoms with Crippen LogP contribution in [0.2, 0.25) is 0 Å². The fraction of sp³-hybridized carbons (Fsp3) is 0.600. The van der Waals surface area contributed by atoms with Gasteiger partial charge in [-0.2, -0.15) is 4.98 Å². The molecule has 4 heteroatoms. The lowest BCUT2D eigenvalue weighted by Gasteiger charge is -1.76. The fourth-order valence-electron chi connectivity index (χ4n) is 0.488. The van der Waals surface area contributed by atoms with Crippen LogP contribution in [0.4, 0.5) is 0 Å². The van der Waals surface area contributed by atoms with Crippen molar-refractivity contribution in [1.82, 2.24) is 10.1 Å². The number of nitrogens with zero attached hydrogens (tertiary/aromatic N) is 2. The minimum Gasteiger partial charge on any atom is -0.339 e. The lowest BCUT2D eigenvalue weighted by molar-refractivity contribution is 0.378. The van der Waals surface area contributed by atoms with E-state index in [0.29, 0.717) is 0 Å². The van der Waals surface area contributed by atoms with E-state index >= 15 is 0 Å². The molecule has 50 valence electrons. The number of rotatable bonds is 2. The highest BCUT2D eigenvalue weighted by molar-refractivity contribution is 14.1. The molecule has 0 unspecified atom stereocenters. The smallest absolute Gasteiger partial charge is 0.226 e. The van der Waals surface area contributed by atoms with Crippen LogP contribution < -0.4 is 0 Å². The molecule has 0 amide bonds. The molecule has 0 fully saturated rings. The molecule has 0 saturated carbocycles. The molecule has 0 aliphatic carbocycles. The molecular formula is C5H7IN2O. The summed E-state index contributed by atoms with van der Waals surface area (Å²) in [5, 5.41) is 3.71. The quantitative estimate of drug-likeness (QED) is 0.579. The van der Waals surface area contributed by atoms with Crippen molar-refractivity contribution >= 4 is 22.6 Å². The average molecular weight is 238 g/mol. The van der Waals surface area contributed by atoms with Crippen LogP contribution in [0.15, 0.2) is 4.52 Å². The van der Waals surface area contributed by atoms with Crippen LogP contribution >= 0.6 is 22.6 Å². The second-order valence-corrected chi connectivity index (χ2v) is 2.35. The van der Waals surface area contributed by atoms with Crippen LogP contribution in [0.5, 0.6) is 0 Å². The summed E-state index contributed by atoms with van der Waals surface area (Å²) in [5.74, 6) is 1.51. The number of aryl methyl sites for hydroxylation is 1. The third-order valence-electron chi connectivity index (χ3n) is 0.932. The monoisotopic (exact) mass is 238 g/mol. The van der Waals surface area contributed by atoms with Crippen molar-refractivity contribution in [2.75, 3.05) is 0 Å². The number of halogens is 1. The zero-order valence-corrected chi connectivity index (χ0v) is 7.25. The third kappa shape index (κ3) is 1.64. The zero-order valence-electron chi connectivity index (χ0n) is 5.09. The van der Waals surface area contributed by atoms with Crippen molar-refractivity contribution < 1.29 is 4.52 Å². The third-order valence-corrected chi connectivity index (χ3v) is 1.61. The molecule has 1 heterocycles. The van der Waals surface area contributed by atoms with Gasteiger partial charge in [0.1, 0.15) is 0 Å². The van der Waals surface area contributed by atoms with Gasteiger partial charge in [-0.15, -0.1) is 0 Å². The topological polar surface area (TPSA) is 38.9 Å². The second-order valence-electron chi connectivity index (χ2n) is 1.59. The molecule has 9 heavy (non-hydrogen) atoms. The van der Waals surface area contributed by atoms with Gasteiger partial charge in [0.15, 0.2) is 5.82 Å². The lowest BCUT2D eigenvalue weighted by Crippen LogP contribution is -1.80. The van der Waals surface area contributed by atoms with E-state index in [4.69, 9.17) is 4.52 Å². The highest BCUT2D eigenvalue weighted by Gasteiger charge is 1.99. The molecule has 0 N–H and O–H groups in total. The highest BCUT2D eigenvalue weighted by Crippen LogP contribution is 2.01. The maximum atomic E-state index is 4.84. The van der Waals surface area contributed by atoms with E-state index in [-0.39, 0.29) is 0 Å². The van der Waals surface area contributed by atoms with Crippen molar-refractivity contribution in [1.29, 1.82) is 0 Å². The number of hydrogen-bond acceptors (Lipinski definition) is 3. The summed E-state index contributed by atoms with van der Waals surface area (Å²) in [6.07, 6.45) is 0.823. The van der Waals surface area contributed by atoms with E-state index in [2.05, 4.69) is 32.7 Å². The predicted octanol–water partition coefficient (Wildman–Crippen LogP) is 1.57. The van der Waals surface area contributed by atoms with Gasteiger partial charge in [-0.3, -0.25) is 0 Å². The van der Waals surface area contributed by atoms with Gasteiger partial charge in [0.2, 0.25) is 5.89 Å². The van der Waals surface area contributed by atoms with Gasteiger partial charge in [-0.05, 0) is 0 Å². The van der Waals surface area contributed by atoms with Crippen molar-refractivity contribution in [3.8, 4) is 0 Å². The molecule has 3 nitrogen and oxygen atoms in total. The van der Waals surface area contributed by atoms with E-state index in [0.717, 1.165) is 22.6 Å². The van der Waals surface area contributed by atoms with Gasteiger partial charge >= 0.3 is 0 Å². The Morgan fingerprint density at radius 2 is 2.44 bits per heavy atom. The first kappa shape index (κ1) is 6.98. The SMILES string of the molecule is CCc1nc(CI)no1. The Morgan fingerprint density at radius 1 is 1.67 bits per heavy atom. The molecular weight excluding hydrogens is 231 g/mol. The van der Waals surface area contributed by atoms with Gasteiger partial charge in [-0.25, -0.2) is 0 Å². The number of alkyl halides is 1. The Balaban J connectivity index is 2.74. The number of aromatic nitrogens is 2. The first-order chi connectivity index (χ1) is 4.36. The van der Waals surface area contributed by atoms with E-state index < -0.39 is 0 Å². The zero-order chi connectivity index (χ0) is 6.69. The average Bonchev–Trinajstić information content (AvgIpc) is 2.34. The van der Waals surface area contributed by atoms with Crippen molar-refractivity contribution in [2.45, 2.75) is 17.8 Å². The molecule has 1 aromatic rings. The fourth-order valence-corrected chi connectivity index (χ4v) is 0.798. The van der Waals surface area contributed by atoms with Crippen molar-refractivity contribution in [2.24, 2.45) is 0 Å². The van der Waals surface area contributed by atoms with Crippen LogP contribution in [-0.2, 0) is 10.8 Å². The van der Waals surface area contributed by atoms with E-state index in [9.17, 15) is 0 Å². The van der Waals surface area contributed by atoms with E-state index in [1.54, 1.807) is 0 Å². The Kier molecular flexibility index (Phi) is 2.44. The van der Waals surface area contributed by atoms with Gasteiger partial charge in [0, 0.05) is 6.42 Å². The van der Waals surface area contributed by atoms with E-state index in [1.165, 1.54) is 0 Å². The largest absolute Gasteiger partial charge is 0.339 e. The first-order valence-corrected chi connectivity index (χ1v) is 4.26. The second kappa shape index (κ2) is 3.14. The van der Waals surface area contributed by atoms with Crippen LogP contribution in [0.1, 0.15) is 18.6 Å². The summed E-state index contributed by atoms with van der Waals surface area (Å²) < 4.78 is 5.66. The Morgan fingerprint density at radius 3 is 2.78 bits per heavy atom. The molecule has 0 aromatic carbocycles. The summed E-state index contributed by atoms with van der Waals surface area (Å²) in [4.78, 5) is 4.06. The molecule has 0 aliphatic heterocycles. The Bertz CT molecular complexity index is 168. The van der Waals surface area contributed by atoms with Gasteiger partial charge < -0.3 is 4.52 Å². The van der Waals surface area contributed by atoms with Gasteiger partial charge in [0.05, 0.1) is 4.43 Å². The van der Waals surface area contributed by atoms with Crippen LogP contribution in [-0.4, -0.2) is 10.1 Å². The van der Waals surface area contributed by atoms with Crippen LogP contribution in [0.3, 0.4) is 0 Å². The normalized spacial score (nSPS) is 10.0. The maximum absolute atomic E-state index is 4.84. The first-order valence-electron chi connectivity index (χ1n) is 2.74. The molecule has 0 radical (unpaired) electrons. The molecule has 1 rings (SSSR count). The summed E-state index contributed by atoms with van der Waals surface area (Å²) in [6, 6.07) is 0. The highest BCUT2D eigenvalue weighted by atomic mass is 127. The molecule has 0 saturated heterocycles. The Hall–Kier alpha value is -0.130. The van der Waals surface area contributed by atoms with Crippen LogP contribution in [0.25, 0.3) is 0 Å². The van der Waals surface area contributed by atoms with Gasteiger partial charge in [0.25, 0.3) is 0 Å². The number of hydrogen-bond donors (Lipinski definition) is 0. The molecule has 0 aliphatic rings. The minimum absolute atomic E-state index is 0.724. The summed E-state index contributed by atoms with van der Waals surface area (Å²) >= 11 is 2.20. The molecule has 0 spiro atoms. The van der Waals surface area contributed by atoms with Crippen molar-refractivity contribution in [3.05, 3.63) is 11.7 Å². The summed E-state index contributed by atoms with van der Waals surface area (Å²) in [5.41, 5.74) is 0. The molecule has 0 bridgehead atoms. The Labute approximate surface area is 67.0 Å². The van der Waals surface area contributed by atoms with Crippen LogP contribution in [0, 0.1) is 0 Å². The predicted molar refractivity (Wildman–Crippen MR) is 41.4 cm³/mol. The lowest BCUT2D eigenvalue weighted by atomic mass is 10.5. The maximum Gasteiger partial charge on any atom is 0.226 e. The van der Waals surface area contributed by atoms with Crippen molar-refractivity contribution in [3.63, 3.8) is 0 Å². The summed E-state index contributed by atoms with van der Waals surface area (Å²) in [7, 11) is 0.